The van der Waals surface area contributed by atoms with E-state index < -0.39 is 4.92 Å². The number of piperidine rings is 1. The van der Waals surface area contributed by atoms with Gasteiger partial charge < -0.3 is 10.2 Å². The van der Waals surface area contributed by atoms with Crippen LogP contribution in [0, 0.1) is 16.0 Å². The Morgan fingerprint density at radius 1 is 1.45 bits per heavy atom. The fraction of sp³-hybridized carbons (Fsp3) is 0.533. The molecular formula is C15H20BrN3O3. The molecule has 1 fully saturated rings. The molecule has 2 rings (SSSR count). The van der Waals surface area contributed by atoms with Gasteiger partial charge in [-0.2, -0.15) is 0 Å². The molecule has 1 aromatic carbocycles. The van der Waals surface area contributed by atoms with Crippen molar-refractivity contribution in [3.05, 3.63) is 32.8 Å². The Bertz CT molecular complexity index is 557. The molecule has 1 saturated heterocycles. The van der Waals surface area contributed by atoms with Crippen molar-refractivity contribution in [1.29, 1.82) is 0 Å². The van der Waals surface area contributed by atoms with Gasteiger partial charge >= 0.3 is 0 Å². The largest absolute Gasteiger partial charge is 0.371 e. The number of amides is 1. The molecule has 0 atom stereocenters. The number of non-ortho nitro benzene ring substituents is 1. The molecule has 1 heterocycles. The van der Waals surface area contributed by atoms with Crippen LogP contribution in [0.1, 0.15) is 26.2 Å². The SMILES string of the molecule is CCCNC(=O)C1CCN(c2ccc([N+](=O)[O-])cc2Br)CC1. The van der Waals surface area contributed by atoms with Gasteiger partial charge in [-0.05, 0) is 41.3 Å². The summed E-state index contributed by atoms with van der Waals surface area (Å²) in [6.45, 7) is 4.32. The number of rotatable bonds is 5. The molecule has 7 heteroatoms. The third-order valence-corrected chi connectivity index (χ3v) is 4.53. The number of halogens is 1. The second-order valence-electron chi connectivity index (χ2n) is 5.45. The maximum atomic E-state index is 12.0. The van der Waals surface area contributed by atoms with Crippen LogP contribution in [-0.2, 0) is 4.79 Å². The molecule has 1 aliphatic heterocycles. The Balaban J connectivity index is 1.97. The molecule has 0 bridgehead atoms. The molecular weight excluding hydrogens is 350 g/mol. The number of hydrogen-bond acceptors (Lipinski definition) is 4. The minimum Gasteiger partial charge on any atom is -0.371 e. The van der Waals surface area contributed by atoms with E-state index in [2.05, 4.69) is 26.1 Å². The molecule has 1 aliphatic rings. The maximum absolute atomic E-state index is 12.0. The number of nitro groups is 1. The monoisotopic (exact) mass is 369 g/mol. The summed E-state index contributed by atoms with van der Waals surface area (Å²) in [6, 6.07) is 4.80. The highest BCUT2D eigenvalue weighted by atomic mass is 79.9. The third kappa shape index (κ3) is 3.97. The van der Waals surface area contributed by atoms with Crippen LogP contribution in [-0.4, -0.2) is 30.5 Å². The topological polar surface area (TPSA) is 75.5 Å². The predicted octanol–water partition coefficient (Wildman–Crippen LogP) is 3.10. The molecule has 1 N–H and O–H groups in total. The molecule has 0 aromatic heterocycles. The van der Waals surface area contributed by atoms with Crippen LogP contribution in [0.3, 0.4) is 0 Å². The lowest BCUT2D eigenvalue weighted by Crippen LogP contribution is -2.40. The van der Waals surface area contributed by atoms with E-state index in [0.717, 1.165) is 49.1 Å². The molecule has 22 heavy (non-hydrogen) atoms. The summed E-state index contributed by atoms with van der Waals surface area (Å²) in [5.74, 6) is 0.212. The minimum absolute atomic E-state index is 0.0691. The molecule has 0 spiro atoms. The lowest BCUT2D eigenvalue weighted by Gasteiger charge is -2.33. The average Bonchev–Trinajstić information content (AvgIpc) is 2.52. The summed E-state index contributed by atoms with van der Waals surface area (Å²) in [4.78, 5) is 24.5. The van der Waals surface area contributed by atoms with E-state index in [9.17, 15) is 14.9 Å². The highest BCUT2D eigenvalue weighted by Gasteiger charge is 2.26. The van der Waals surface area contributed by atoms with Gasteiger partial charge in [-0.15, -0.1) is 0 Å². The third-order valence-electron chi connectivity index (χ3n) is 3.90. The predicted molar refractivity (Wildman–Crippen MR) is 89.0 cm³/mol. The van der Waals surface area contributed by atoms with Crippen molar-refractivity contribution in [2.75, 3.05) is 24.5 Å². The lowest BCUT2D eigenvalue weighted by molar-refractivity contribution is -0.384. The number of carbonyl (C=O) groups excluding carboxylic acids is 1. The van der Waals surface area contributed by atoms with Gasteiger partial charge in [0.2, 0.25) is 5.91 Å². The van der Waals surface area contributed by atoms with Gasteiger partial charge in [0, 0.05) is 42.2 Å². The first-order valence-electron chi connectivity index (χ1n) is 7.49. The second kappa shape index (κ2) is 7.58. The van der Waals surface area contributed by atoms with Gasteiger partial charge in [-0.3, -0.25) is 14.9 Å². The van der Waals surface area contributed by atoms with E-state index in [1.54, 1.807) is 6.07 Å². The number of nitrogens with zero attached hydrogens (tertiary/aromatic N) is 2. The number of nitro benzene ring substituents is 1. The van der Waals surface area contributed by atoms with Crippen molar-refractivity contribution in [1.82, 2.24) is 5.32 Å². The van der Waals surface area contributed by atoms with Gasteiger partial charge in [0.15, 0.2) is 0 Å². The van der Waals surface area contributed by atoms with Gasteiger partial charge in [0.05, 0.1) is 10.6 Å². The fourth-order valence-electron chi connectivity index (χ4n) is 2.64. The normalized spacial score (nSPS) is 15.6. The average molecular weight is 370 g/mol. The summed E-state index contributed by atoms with van der Waals surface area (Å²) in [5, 5.41) is 13.7. The highest BCUT2D eigenvalue weighted by Crippen LogP contribution is 2.32. The van der Waals surface area contributed by atoms with Crippen LogP contribution < -0.4 is 10.2 Å². The van der Waals surface area contributed by atoms with Crippen molar-refractivity contribution < 1.29 is 9.72 Å². The van der Waals surface area contributed by atoms with Crippen molar-refractivity contribution in [3.8, 4) is 0 Å². The first-order chi connectivity index (χ1) is 10.5. The molecule has 1 amide bonds. The summed E-state index contributed by atoms with van der Waals surface area (Å²) in [5.41, 5.74) is 1.02. The first-order valence-corrected chi connectivity index (χ1v) is 8.28. The van der Waals surface area contributed by atoms with E-state index >= 15 is 0 Å². The number of nitrogens with one attached hydrogen (secondary N) is 1. The smallest absolute Gasteiger partial charge is 0.270 e. The Morgan fingerprint density at radius 2 is 2.14 bits per heavy atom. The Labute approximate surface area is 138 Å². The van der Waals surface area contributed by atoms with Gasteiger partial charge in [-0.1, -0.05) is 6.92 Å². The zero-order chi connectivity index (χ0) is 16.1. The summed E-state index contributed by atoms with van der Waals surface area (Å²) < 4.78 is 0.718. The summed E-state index contributed by atoms with van der Waals surface area (Å²) >= 11 is 3.40. The fourth-order valence-corrected chi connectivity index (χ4v) is 3.26. The minimum atomic E-state index is -0.404. The molecule has 0 aliphatic carbocycles. The van der Waals surface area contributed by atoms with E-state index in [0.29, 0.717) is 0 Å². The molecule has 6 nitrogen and oxygen atoms in total. The van der Waals surface area contributed by atoms with Crippen molar-refractivity contribution in [2.45, 2.75) is 26.2 Å². The van der Waals surface area contributed by atoms with Crippen LogP contribution in [0.4, 0.5) is 11.4 Å². The van der Waals surface area contributed by atoms with Crippen LogP contribution in [0.15, 0.2) is 22.7 Å². The zero-order valence-corrected chi connectivity index (χ0v) is 14.1. The Hall–Kier alpha value is -1.63. The van der Waals surface area contributed by atoms with Gasteiger partial charge in [-0.25, -0.2) is 0 Å². The van der Waals surface area contributed by atoms with Crippen LogP contribution in [0.2, 0.25) is 0 Å². The van der Waals surface area contributed by atoms with Crippen LogP contribution in [0.5, 0.6) is 0 Å². The van der Waals surface area contributed by atoms with Crippen LogP contribution >= 0.6 is 15.9 Å². The number of hydrogen-bond donors (Lipinski definition) is 1. The van der Waals surface area contributed by atoms with E-state index in [1.807, 2.05) is 6.92 Å². The molecule has 0 saturated carbocycles. The standard InChI is InChI=1S/C15H20BrN3O3/c1-2-7-17-15(20)11-5-8-18(9-6-11)14-4-3-12(19(21)22)10-13(14)16/h3-4,10-11H,2,5-9H2,1H3,(H,17,20). The second-order valence-corrected chi connectivity index (χ2v) is 6.30. The van der Waals surface area contributed by atoms with Crippen LogP contribution in [0.25, 0.3) is 0 Å². The van der Waals surface area contributed by atoms with Crippen molar-refractivity contribution >= 4 is 33.2 Å². The maximum Gasteiger partial charge on any atom is 0.270 e. The van der Waals surface area contributed by atoms with Crippen molar-refractivity contribution in [2.24, 2.45) is 5.92 Å². The van der Waals surface area contributed by atoms with Crippen molar-refractivity contribution in [3.63, 3.8) is 0 Å². The Kier molecular flexibility index (Phi) is 5.76. The summed E-state index contributed by atoms with van der Waals surface area (Å²) in [7, 11) is 0. The first kappa shape index (κ1) is 16.7. The molecule has 120 valence electrons. The molecule has 0 radical (unpaired) electrons. The van der Waals surface area contributed by atoms with E-state index in [1.165, 1.54) is 12.1 Å². The number of carbonyl (C=O) groups is 1. The van der Waals surface area contributed by atoms with E-state index in [4.69, 9.17) is 0 Å². The number of anilines is 1. The highest BCUT2D eigenvalue weighted by molar-refractivity contribution is 9.10. The van der Waals surface area contributed by atoms with Gasteiger partial charge in [0.25, 0.3) is 5.69 Å². The molecule has 0 unspecified atom stereocenters. The molecule has 1 aromatic rings. The van der Waals surface area contributed by atoms with Gasteiger partial charge in [0.1, 0.15) is 0 Å². The lowest BCUT2D eigenvalue weighted by atomic mass is 9.95. The van der Waals surface area contributed by atoms with E-state index in [-0.39, 0.29) is 17.5 Å². The Morgan fingerprint density at radius 3 is 2.68 bits per heavy atom. The quantitative estimate of drug-likeness (QED) is 0.638. The zero-order valence-electron chi connectivity index (χ0n) is 12.5. The summed E-state index contributed by atoms with van der Waals surface area (Å²) in [6.07, 6.45) is 2.55. The number of benzene rings is 1.